The molecule has 82 valence electrons. The first kappa shape index (κ1) is 10.3. The largest absolute Gasteiger partial charge is 0.493 e. The Bertz CT molecular complexity index is 329. The van der Waals surface area contributed by atoms with E-state index in [1.165, 1.54) is 24.8 Å². The third-order valence-corrected chi connectivity index (χ3v) is 3.00. The third-order valence-electron chi connectivity index (χ3n) is 3.00. The van der Waals surface area contributed by atoms with Crippen LogP contribution in [0.2, 0.25) is 0 Å². The second-order valence-corrected chi connectivity index (χ2v) is 4.13. The average molecular weight is 206 g/mol. The number of hydrogen-bond acceptors (Lipinski definition) is 2. The summed E-state index contributed by atoms with van der Waals surface area (Å²) < 4.78 is 10.7. The SMILES string of the molecule is COc1cccc(CCC2CC2)c1OC. The number of hydrogen-bond donors (Lipinski definition) is 0. The van der Waals surface area contributed by atoms with E-state index >= 15 is 0 Å². The lowest BCUT2D eigenvalue weighted by Gasteiger charge is -2.12. The van der Waals surface area contributed by atoms with Gasteiger partial charge in [0.2, 0.25) is 0 Å². The van der Waals surface area contributed by atoms with E-state index in [0.29, 0.717) is 0 Å². The highest BCUT2D eigenvalue weighted by atomic mass is 16.5. The molecule has 0 N–H and O–H groups in total. The lowest BCUT2D eigenvalue weighted by atomic mass is 10.1. The first-order valence-corrected chi connectivity index (χ1v) is 5.55. The molecule has 1 aromatic rings. The molecule has 1 fully saturated rings. The molecule has 1 aliphatic carbocycles. The summed E-state index contributed by atoms with van der Waals surface area (Å²) in [6.45, 7) is 0. The second kappa shape index (κ2) is 4.56. The van der Waals surface area contributed by atoms with Crippen molar-refractivity contribution in [2.24, 2.45) is 5.92 Å². The summed E-state index contributed by atoms with van der Waals surface area (Å²) in [5.74, 6) is 2.70. The predicted molar refractivity (Wildman–Crippen MR) is 60.6 cm³/mol. The van der Waals surface area contributed by atoms with E-state index in [1.807, 2.05) is 12.1 Å². The number of benzene rings is 1. The van der Waals surface area contributed by atoms with Gasteiger partial charge in [0.1, 0.15) is 0 Å². The number of rotatable bonds is 5. The smallest absolute Gasteiger partial charge is 0.163 e. The van der Waals surface area contributed by atoms with Crippen molar-refractivity contribution in [3.63, 3.8) is 0 Å². The molecule has 15 heavy (non-hydrogen) atoms. The van der Waals surface area contributed by atoms with Crippen molar-refractivity contribution in [3.8, 4) is 11.5 Å². The Balaban J connectivity index is 2.12. The topological polar surface area (TPSA) is 18.5 Å². The third kappa shape index (κ3) is 2.44. The van der Waals surface area contributed by atoms with Gasteiger partial charge in [-0.1, -0.05) is 25.0 Å². The van der Waals surface area contributed by atoms with Crippen LogP contribution in [0.3, 0.4) is 0 Å². The summed E-state index contributed by atoms with van der Waals surface area (Å²) in [6.07, 6.45) is 5.20. The Morgan fingerprint density at radius 3 is 2.60 bits per heavy atom. The van der Waals surface area contributed by atoms with Crippen molar-refractivity contribution < 1.29 is 9.47 Å². The lowest BCUT2D eigenvalue weighted by Crippen LogP contribution is -1.96. The van der Waals surface area contributed by atoms with Crippen molar-refractivity contribution in [2.45, 2.75) is 25.7 Å². The van der Waals surface area contributed by atoms with E-state index in [1.54, 1.807) is 14.2 Å². The van der Waals surface area contributed by atoms with E-state index in [0.717, 1.165) is 23.8 Å². The van der Waals surface area contributed by atoms with E-state index in [4.69, 9.17) is 9.47 Å². The summed E-state index contributed by atoms with van der Waals surface area (Å²) in [5, 5.41) is 0. The first-order chi connectivity index (χ1) is 7.35. The molecular weight excluding hydrogens is 188 g/mol. The molecule has 0 heterocycles. The van der Waals surface area contributed by atoms with Crippen molar-refractivity contribution in [1.29, 1.82) is 0 Å². The predicted octanol–water partition coefficient (Wildman–Crippen LogP) is 3.05. The second-order valence-electron chi connectivity index (χ2n) is 4.13. The Labute approximate surface area is 91.2 Å². The van der Waals surface area contributed by atoms with Crippen molar-refractivity contribution >= 4 is 0 Å². The molecule has 2 nitrogen and oxygen atoms in total. The summed E-state index contributed by atoms with van der Waals surface area (Å²) >= 11 is 0. The van der Waals surface area contributed by atoms with Gasteiger partial charge in [0, 0.05) is 0 Å². The van der Waals surface area contributed by atoms with Crippen LogP contribution in [0.1, 0.15) is 24.8 Å². The fraction of sp³-hybridized carbons (Fsp3) is 0.538. The van der Waals surface area contributed by atoms with Gasteiger partial charge in [-0.15, -0.1) is 0 Å². The van der Waals surface area contributed by atoms with E-state index in [2.05, 4.69) is 6.07 Å². The summed E-state index contributed by atoms with van der Waals surface area (Å²) in [6, 6.07) is 6.10. The quantitative estimate of drug-likeness (QED) is 0.737. The van der Waals surface area contributed by atoms with Gasteiger partial charge in [0.15, 0.2) is 11.5 Å². The zero-order valence-electron chi connectivity index (χ0n) is 9.45. The number of ether oxygens (including phenoxy) is 2. The van der Waals surface area contributed by atoms with Crippen LogP contribution in [0, 0.1) is 5.92 Å². The fourth-order valence-electron chi connectivity index (χ4n) is 1.92. The maximum Gasteiger partial charge on any atom is 0.163 e. The monoisotopic (exact) mass is 206 g/mol. The molecule has 0 amide bonds. The van der Waals surface area contributed by atoms with Gasteiger partial charge in [-0.25, -0.2) is 0 Å². The summed E-state index contributed by atoms with van der Waals surface area (Å²) in [4.78, 5) is 0. The Kier molecular flexibility index (Phi) is 3.14. The van der Waals surface area contributed by atoms with Crippen LogP contribution in [0.15, 0.2) is 18.2 Å². The minimum Gasteiger partial charge on any atom is -0.493 e. The van der Waals surface area contributed by atoms with Gasteiger partial charge in [-0.05, 0) is 30.4 Å². The highest BCUT2D eigenvalue weighted by Crippen LogP contribution is 2.37. The fourth-order valence-corrected chi connectivity index (χ4v) is 1.92. The molecule has 0 spiro atoms. The molecule has 1 aliphatic rings. The van der Waals surface area contributed by atoms with Gasteiger partial charge in [-0.3, -0.25) is 0 Å². The minimum absolute atomic E-state index is 0.839. The average Bonchev–Trinajstić information content (AvgIpc) is 3.09. The molecular formula is C13H18O2. The molecule has 0 atom stereocenters. The Morgan fingerprint density at radius 1 is 1.20 bits per heavy atom. The van der Waals surface area contributed by atoms with Crippen LogP contribution >= 0.6 is 0 Å². The van der Waals surface area contributed by atoms with E-state index in [9.17, 15) is 0 Å². The highest BCUT2D eigenvalue weighted by molar-refractivity contribution is 5.46. The van der Waals surface area contributed by atoms with Crippen LogP contribution in [-0.2, 0) is 6.42 Å². The van der Waals surface area contributed by atoms with Gasteiger partial charge in [-0.2, -0.15) is 0 Å². The zero-order valence-corrected chi connectivity index (χ0v) is 9.45. The maximum absolute atomic E-state index is 5.40. The van der Waals surface area contributed by atoms with Crippen LogP contribution in [0.5, 0.6) is 11.5 Å². The molecule has 2 heteroatoms. The van der Waals surface area contributed by atoms with Crippen LogP contribution in [0.4, 0.5) is 0 Å². The normalized spacial score (nSPS) is 15.1. The number of methoxy groups -OCH3 is 2. The Morgan fingerprint density at radius 2 is 2.00 bits per heavy atom. The minimum atomic E-state index is 0.839. The summed E-state index contributed by atoms with van der Waals surface area (Å²) in [5.41, 5.74) is 1.27. The van der Waals surface area contributed by atoms with Gasteiger partial charge in [0.25, 0.3) is 0 Å². The molecule has 1 aromatic carbocycles. The molecule has 0 aromatic heterocycles. The molecule has 0 saturated heterocycles. The number of aryl methyl sites for hydroxylation is 1. The van der Waals surface area contributed by atoms with E-state index < -0.39 is 0 Å². The summed E-state index contributed by atoms with van der Waals surface area (Å²) in [7, 11) is 3.39. The van der Waals surface area contributed by atoms with Gasteiger partial charge in [0.05, 0.1) is 14.2 Å². The molecule has 0 bridgehead atoms. The van der Waals surface area contributed by atoms with Crippen LogP contribution in [0.25, 0.3) is 0 Å². The molecule has 2 rings (SSSR count). The van der Waals surface area contributed by atoms with Crippen LogP contribution < -0.4 is 9.47 Å². The molecule has 0 radical (unpaired) electrons. The highest BCUT2D eigenvalue weighted by Gasteiger charge is 2.21. The van der Waals surface area contributed by atoms with Crippen LogP contribution in [-0.4, -0.2) is 14.2 Å². The lowest BCUT2D eigenvalue weighted by molar-refractivity contribution is 0.351. The molecule has 1 saturated carbocycles. The van der Waals surface area contributed by atoms with Gasteiger partial charge >= 0.3 is 0 Å². The van der Waals surface area contributed by atoms with E-state index in [-0.39, 0.29) is 0 Å². The zero-order chi connectivity index (χ0) is 10.7. The standard InChI is InChI=1S/C13H18O2/c1-14-12-5-3-4-11(13(12)15-2)9-8-10-6-7-10/h3-5,10H,6-9H2,1-2H3. The molecule has 0 aliphatic heterocycles. The Hall–Kier alpha value is -1.18. The number of para-hydroxylation sites is 1. The van der Waals surface area contributed by atoms with Crippen molar-refractivity contribution in [3.05, 3.63) is 23.8 Å². The molecule has 0 unspecified atom stereocenters. The van der Waals surface area contributed by atoms with Crippen molar-refractivity contribution in [2.75, 3.05) is 14.2 Å². The van der Waals surface area contributed by atoms with Gasteiger partial charge < -0.3 is 9.47 Å². The maximum atomic E-state index is 5.40. The first-order valence-electron chi connectivity index (χ1n) is 5.55. The van der Waals surface area contributed by atoms with Crippen molar-refractivity contribution in [1.82, 2.24) is 0 Å².